The molecule has 0 aliphatic rings. The van der Waals surface area contributed by atoms with Gasteiger partial charge in [-0.2, -0.15) is 0 Å². The first-order valence-electron chi connectivity index (χ1n) is 9.28. The van der Waals surface area contributed by atoms with Gasteiger partial charge in [-0.15, -0.1) is 0 Å². The first kappa shape index (κ1) is 39.4. The van der Waals surface area contributed by atoms with E-state index in [0.29, 0.717) is 18.4 Å². The molecule has 1 aromatic rings. The Morgan fingerprint density at radius 2 is 0.919 bits per heavy atom. The van der Waals surface area contributed by atoms with Crippen molar-refractivity contribution < 1.29 is 5.11 Å². The summed E-state index contributed by atoms with van der Waals surface area (Å²) in [6, 6.07) is 4.03. The third kappa shape index (κ3) is 7.62. The van der Waals surface area contributed by atoms with E-state index < -0.39 is 33.6 Å². The predicted octanol–water partition coefficient (Wildman–Crippen LogP) is 13.1. The van der Waals surface area contributed by atoms with E-state index in [-0.39, 0.29) is 24.2 Å². The molecular weight excluding hydrogens is 870 g/mol. The molecule has 0 saturated heterocycles. The lowest BCUT2D eigenvalue weighted by molar-refractivity contribution is 0.187. The third-order valence-electron chi connectivity index (χ3n) is 4.94. The molecule has 0 atom stereocenters. The first-order valence-corrected chi connectivity index (χ1v) is 16.1. The van der Waals surface area contributed by atoms with Crippen molar-refractivity contribution in [2.75, 3.05) is 6.61 Å². The summed E-state index contributed by atoms with van der Waals surface area (Å²) < 4.78 is -20.3. The summed E-state index contributed by atoms with van der Waals surface area (Å²) in [7, 11) is 0. The number of halogens is 18. The highest BCUT2D eigenvalue weighted by Gasteiger charge is 2.70. The van der Waals surface area contributed by atoms with Crippen LogP contribution in [0, 0.1) is 0 Å². The Morgan fingerprint density at radius 1 is 0.514 bits per heavy atom. The molecular formula is C18H11Cl18O. The molecule has 1 nitrogen and oxygen atoms in total. The molecule has 0 aromatic heterocycles. The highest BCUT2D eigenvalue weighted by Crippen LogP contribution is 2.68. The molecule has 0 aliphatic heterocycles. The zero-order chi connectivity index (χ0) is 29.7. The van der Waals surface area contributed by atoms with Gasteiger partial charge in [-0.1, -0.05) is 221 Å². The van der Waals surface area contributed by atoms with E-state index in [2.05, 4.69) is 0 Å². The van der Waals surface area contributed by atoms with Crippen molar-refractivity contribution in [1.29, 1.82) is 0 Å². The van der Waals surface area contributed by atoms with Gasteiger partial charge in [-0.3, -0.25) is 0 Å². The smallest absolute Gasteiger partial charge is 0.226 e. The van der Waals surface area contributed by atoms with Crippen LogP contribution in [0.1, 0.15) is 29.5 Å². The molecule has 19 heteroatoms. The van der Waals surface area contributed by atoms with Gasteiger partial charge < -0.3 is 0 Å². The number of benzene rings is 1. The lowest BCUT2D eigenvalue weighted by Crippen LogP contribution is -2.55. The number of hydrogen-bond acceptors (Lipinski definition) is 0. The number of aryl methyl sites for hydroxylation is 1. The fourth-order valence-electron chi connectivity index (χ4n) is 2.80. The molecule has 1 rings (SSSR count). The van der Waals surface area contributed by atoms with Crippen LogP contribution in [-0.2, 0) is 20.2 Å². The molecule has 0 bridgehead atoms. The average molecular weight is 881 g/mol. The first-order chi connectivity index (χ1) is 16.2. The minimum Gasteiger partial charge on any atom is -0.237 e. The van der Waals surface area contributed by atoms with Crippen molar-refractivity contribution >= 4 is 209 Å². The van der Waals surface area contributed by atoms with Gasteiger partial charge in [0.05, 0.1) is 6.61 Å². The van der Waals surface area contributed by atoms with E-state index in [4.69, 9.17) is 209 Å². The van der Waals surface area contributed by atoms with E-state index in [1.165, 1.54) is 18.2 Å². The van der Waals surface area contributed by atoms with Gasteiger partial charge in [-0.25, -0.2) is 5.11 Å². The van der Waals surface area contributed by atoms with E-state index in [9.17, 15) is 5.11 Å². The van der Waals surface area contributed by atoms with Crippen LogP contribution in [0.15, 0.2) is 18.2 Å². The summed E-state index contributed by atoms with van der Waals surface area (Å²) in [5.41, 5.74) is 0.189. The molecule has 0 fully saturated rings. The van der Waals surface area contributed by atoms with Crippen LogP contribution in [0.2, 0.25) is 0 Å². The van der Waals surface area contributed by atoms with Crippen molar-refractivity contribution in [3.8, 4) is 0 Å². The molecule has 0 aliphatic carbocycles. The normalized spacial score (nSPS) is 15.3. The lowest BCUT2D eigenvalue weighted by atomic mass is 9.92. The van der Waals surface area contributed by atoms with Gasteiger partial charge in [0.2, 0.25) is 16.3 Å². The Morgan fingerprint density at radius 3 is 1.30 bits per heavy atom. The fraction of sp³-hybridized carbons (Fsp3) is 0.667. The molecule has 0 saturated carbocycles. The molecule has 0 unspecified atom stereocenters. The molecule has 215 valence electrons. The maximum absolute atomic E-state index is 11.0. The van der Waals surface area contributed by atoms with Crippen LogP contribution in [0.5, 0.6) is 0 Å². The number of rotatable bonds is 10. The summed E-state index contributed by atoms with van der Waals surface area (Å²) >= 11 is 113. The van der Waals surface area contributed by atoms with Crippen LogP contribution in [0.25, 0.3) is 0 Å². The largest absolute Gasteiger partial charge is 0.237 e. The SMILES string of the molecule is [O]CCCCc1ccc(C(Cl)(Cl)C(Cl)(Cl)C(Cl)(Cl)C(Cl)(Cl)Cl)cc1C(Cl)(Cl)C(Cl)(Cl)C(Cl)(Cl)C(Cl)(Cl)Cl. The molecule has 1 aromatic carbocycles. The minimum atomic E-state index is -2.63. The van der Waals surface area contributed by atoms with E-state index >= 15 is 0 Å². The molecule has 37 heavy (non-hydrogen) atoms. The zero-order valence-electron chi connectivity index (χ0n) is 17.3. The Kier molecular flexibility index (Phi) is 14.3. The third-order valence-corrected chi connectivity index (χ3v) is 15.9. The van der Waals surface area contributed by atoms with Crippen molar-refractivity contribution in [3.05, 3.63) is 34.9 Å². The monoisotopic (exact) mass is 873 g/mol. The van der Waals surface area contributed by atoms with Crippen molar-refractivity contribution in [2.24, 2.45) is 0 Å². The standard InChI is InChI=1S/C18H11Cl18O/c19-11(20,13(23,24)15(27,28)17(31,32)33)9-5-4-8(3-1-2-6-37)10(7-9)12(21,22)14(25,26)16(29,30)18(34,35)36/h4-5,7H,1-3,6H2. The van der Waals surface area contributed by atoms with Crippen LogP contribution in [0.3, 0.4) is 0 Å². The molecule has 1 radical (unpaired) electrons. The summed E-state index contributed by atoms with van der Waals surface area (Å²) in [5, 5.41) is 11.0. The second-order valence-electron chi connectivity index (χ2n) is 7.48. The Hall–Kier alpha value is 4.40. The topological polar surface area (TPSA) is 19.9 Å². The van der Waals surface area contributed by atoms with Gasteiger partial charge in [0.15, 0.2) is 17.3 Å². The number of unbranched alkanes of at least 4 members (excludes halogenated alkanes) is 1. The highest BCUT2D eigenvalue weighted by atomic mass is 35.6. The molecule has 0 N–H and O–H groups in total. The predicted molar refractivity (Wildman–Crippen MR) is 170 cm³/mol. The van der Waals surface area contributed by atoms with Gasteiger partial charge in [0.25, 0.3) is 0 Å². The maximum atomic E-state index is 11.0. The average Bonchev–Trinajstić information content (AvgIpc) is 2.71. The van der Waals surface area contributed by atoms with Gasteiger partial charge >= 0.3 is 0 Å². The molecule has 0 spiro atoms. The van der Waals surface area contributed by atoms with Crippen molar-refractivity contribution in [2.45, 2.75) is 52.8 Å². The second kappa shape index (κ2) is 13.4. The zero-order valence-corrected chi connectivity index (χ0v) is 30.9. The van der Waals surface area contributed by atoms with E-state index in [1.54, 1.807) is 0 Å². The summed E-state index contributed by atoms with van der Waals surface area (Å²) in [5.74, 6) is 0. The lowest BCUT2D eigenvalue weighted by Gasteiger charge is -2.46. The summed E-state index contributed by atoms with van der Waals surface area (Å²) in [4.78, 5) is 0. The fourth-order valence-corrected chi connectivity index (χ4v) is 7.33. The Bertz CT molecular complexity index is 943. The van der Waals surface area contributed by atoms with E-state index in [0.717, 1.165) is 0 Å². The number of hydrogen-bond donors (Lipinski definition) is 0. The van der Waals surface area contributed by atoms with Crippen LogP contribution in [-0.4, -0.2) is 31.5 Å². The van der Waals surface area contributed by atoms with Crippen molar-refractivity contribution in [3.63, 3.8) is 0 Å². The molecule has 0 heterocycles. The van der Waals surface area contributed by atoms with Gasteiger partial charge in [-0.05, 0) is 42.0 Å². The quantitative estimate of drug-likeness (QED) is 0.165. The van der Waals surface area contributed by atoms with Crippen LogP contribution < -0.4 is 0 Å². The Balaban J connectivity index is 3.93. The molecule has 0 amide bonds. The number of alkyl halides is 18. The minimum absolute atomic E-state index is 0.0809. The van der Waals surface area contributed by atoms with Gasteiger partial charge in [0.1, 0.15) is 0 Å². The Labute approximate surface area is 304 Å². The van der Waals surface area contributed by atoms with E-state index in [1.807, 2.05) is 0 Å². The maximum Gasteiger partial charge on any atom is 0.226 e. The summed E-state index contributed by atoms with van der Waals surface area (Å²) in [6.45, 7) is -0.340. The van der Waals surface area contributed by atoms with Crippen molar-refractivity contribution in [1.82, 2.24) is 0 Å². The van der Waals surface area contributed by atoms with Crippen LogP contribution >= 0.6 is 209 Å². The highest BCUT2D eigenvalue weighted by molar-refractivity contribution is 6.81. The van der Waals surface area contributed by atoms with Gasteiger partial charge in [0, 0.05) is 0 Å². The second-order valence-corrected chi connectivity index (χ2v) is 20.0. The van der Waals surface area contributed by atoms with Crippen LogP contribution in [0.4, 0.5) is 0 Å². The summed E-state index contributed by atoms with van der Waals surface area (Å²) in [6.07, 6.45) is 0.943.